The Kier molecular flexibility index (Phi) is 4.89. The van der Waals surface area contributed by atoms with Crippen molar-refractivity contribution in [3.63, 3.8) is 0 Å². The highest BCUT2D eigenvalue weighted by molar-refractivity contribution is 14.1. The maximum atomic E-state index is 10.1. The maximum Gasteiger partial charge on any atom is 0.192 e. The van der Waals surface area contributed by atoms with Gasteiger partial charge in [-0.25, -0.2) is 0 Å². The summed E-state index contributed by atoms with van der Waals surface area (Å²) in [4.78, 5) is 0. The number of aliphatic hydroxyl groups is 1. The minimum absolute atomic E-state index is 0.171. The van der Waals surface area contributed by atoms with Gasteiger partial charge < -0.3 is 9.53 Å². The lowest BCUT2D eigenvalue weighted by atomic mass is 9.91. The van der Waals surface area contributed by atoms with Crippen molar-refractivity contribution in [1.29, 1.82) is 0 Å². The molecule has 0 heterocycles. The van der Waals surface area contributed by atoms with Crippen molar-refractivity contribution >= 4 is 30.9 Å². The Morgan fingerprint density at radius 3 is 2.41 bits per heavy atom. The molecule has 0 saturated heterocycles. The van der Waals surface area contributed by atoms with Gasteiger partial charge in [-0.1, -0.05) is 33.8 Å². The summed E-state index contributed by atoms with van der Waals surface area (Å²) < 4.78 is 7.47. The van der Waals surface area contributed by atoms with Crippen molar-refractivity contribution < 1.29 is 9.53 Å². The summed E-state index contributed by atoms with van der Waals surface area (Å²) >= 11 is 2.23. The van der Waals surface area contributed by atoms with Crippen LogP contribution in [-0.2, 0) is 4.43 Å². The Morgan fingerprint density at radius 2 is 1.94 bits per heavy atom. The SMILES string of the molecule is C[C@@H]1[C@H](O[Si](C)(C)C(C)(C)C)CC=C(I)[C@@H]1O. The highest BCUT2D eigenvalue weighted by Gasteiger charge is 2.41. The monoisotopic (exact) mass is 368 g/mol. The molecule has 1 aliphatic rings. The standard InChI is InChI=1S/C13H25IO2Si/c1-9-11(8-7-10(14)12(9)15)16-17(5,6)13(2,3)4/h7,9,11-12,15H,8H2,1-6H3/t9-,11-,12-/m1/s1. The summed E-state index contributed by atoms with van der Waals surface area (Å²) in [6.07, 6.45) is 2.87. The topological polar surface area (TPSA) is 29.5 Å². The van der Waals surface area contributed by atoms with Crippen molar-refractivity contribution in [2.24, 2.45) is 5.92 Å². The molecular weight excluding hydrogens is 343 g/mol. The lowest BCUT2D eigenvalue weighted by Crippen LogP contribution is -2.47. The van der Waals surface area contributed by atoms with Crippen LogP contribution in [0.25, 0.3) is 0 Å². The van der Waals surface area contributed by atoms with Crippen molar-refractivity contribution in [2.75, 3.05) is 0 Å². The molecule has 0 amide bonds. The molecule has 0 spiro atoms. The number of aliphatic hydroxyl groups excluding tert-OH is 1. The maximum absolute atomic E-state index is 10.1. The van der Waals surface area contributed by atoms with Gasteiger partial charge in [0.1, 0.15) is 0 Å². The predicted molar refractivity (Wildman–Crippen MR) is 84.0 cm³/mol. The summed E-state index contributed by atoms with van der Waals surface area (Å²) in [6, 6.07) is 0. The fourth-order valence-electron chi connectivity index (χ4n) is 1.73. The second-order valence-corrected chi connectivity index (χ2v) is 12.5. The summed E-state index contributed by atoms with van der Waals surface area (Å²) in [7, 11) is -1.73. The first-order chi connectivity index (χ1) is 7.56. The Morgan fingerprint density at radius 1 is 1.41 bits per heavy atom. The molecule has 2 nitrogen and oxygen atoms in total. The second-order valence-electron chi connectivity index (χ2n) is 6.55. The summed E-state index contributed by atoms with van der Waals surface area (Å²) in [6.45, 7) is 13.4. The molecule has 0 saturated carbocycles. The van der Waals surface area contributed by atoms with Crippen LogP contribution in [0.3, 0.4) is 0 Å². The third-order valence-corrected chi connectivity index (χ3v) is 9.75. The van der Waals surface area contributed by atoms with Crippen LogP contribution < -0.4 is 0 Å². The molecule has 1 N–H and O–H groups in total. The van der Waals surface area contributed by atoms with Gasteiger partial charge in [-0.15, -0.1) is 0 Å². The van der Waals surface area contributed by atoms with Crippen LogP contribution in [0.5, 0.6) is 0 Å². The van der Waals surface area contributed by atoms with Gasteiger partial charge in [-0.2, -0.15) is 0 Å². The van der Waals surface area contributed by atoms with Crippen LogP contribution in [0, 0.1) is 5.92 Å². The fraction of sp³-hybridized carbons (Fsp3) is 0.846. The highest BCUT2D eigenvalue weighted by atomic mass is 127. The van der Waals surface area contributed by atoms with E-state index in [2.05, 4.69) is 69.5 Å². The molecule has 17 heavy (non-hydrogen) atoms. The third-order valence-electron chi connectivity index (χ3n) is 4.16. The van der Waals surface area contributed by atoms with Crippen LogP contribution in [0.1, 0.15) is 34.1 Å². The average Bonchev–Trinajstić information content (AvgIpc) is 2.17. The van der Waals surface area contributed by atoms with Gasteiger partial charge in [0.05, 0.1) is 12.2 Å². The summed E-state index contributed by atoms with van der Waals surface area (Å²) in [5.74, 6) is 0.195. The molecule has 4 heteroatoms. The number of hydrogen-bond donors (Lipinski definition) is 1. The molecule has 0 unspecified atom stereocenters. The molecule has 1 aliphatic carbocycles. The molecule has 0 aliphatic heterocycles. The largest absolute Gasteiger partial charge is 0.413 e. The lowest BCUT2D eigenvalue weighted by molar-refractivity contribution is 0.0447. The Hall–Kier alpha value is 0.607. The van der Waals surface area contributed by atoms with Gasteiger partial charge in [0.15, 0.2) is 8.32 Å². The molecule has 3 atom stereocenters. The zero-order valence-electron chi connectivity index (χ0n) is 11.7. The smallest absolute Gasteiger partial charge is 0.192 e. The normalized spacial score (nSPS) is 31.3. The molecule has 0 radical (unpaired) electrons. The molecule has 1 rings (SSSR count). The van der Waals surface area contributed by atoms with Gasteiger partial charge in [0.2, 0.25) is 0 Å². The van der Waals surface area contributed by atoms with E-state index < -0.39 is 8.32 Å². The van der Waals surface area contributed by atoms with E-state index in [0.29, 0.717) is 0 Å². The van der Waals surface area contributed by atoms with E-state index in [9.17, 15) is 5.11 Å². The van der Waals surface area contributed by atoms with E-state index in [-0.39, 0.29) is 23.2 Å². The van der Waals surface area contributed by atoms with E-state index in [1.807, 2.05) is 0 Å². The van der Waals surface area contributed by atoms with Crippen LogP contribution in [0.4, 0.5) is 0 Å². The van der Waals surface area contributed by atoms with Crippen LogP contribution in [0.15, 0.2) is 9.66 Å². The van der Waals surface area contributed by atoms with Crippen LogP contribution >= 0.6 is 22.6 Å². The zero-order valence-corrected chi connectivity index (χ0v) is 14.9. The van der Waals surface area contributed by atoms with Gasteiger partial charge in [0.25, 0.3) is 0 Å². The number of halogens is 1. The third kappa shape index (κ3) is 3.55. The van der Waals surface area contributed by atoms with E-state index in [0.717, 1.165) is 10.0 Å². The Labute approximate surface area is 120 Å². The summed E-state index contributed by atoms with van der Waals surface area (Å²) in [5.41, 5.74) is 0. The minimum Gasteiger partial charge on any atom is -0.413 e. The van der Waals surface area contributed by atoms with Gasteiger partial charge in [-0.05, 0) is 47.1 Å². The van der Waals surface area contributed by atoms with Gasteiger partial charge in [0, 0.05) is 9.50 Å². The van der Waals surface area contributed by atoms with E-state index >= 15 is 0 Å². The van der Waals surface area contributed by atoms with E-state index in [4.69, 9.17) is 4.43 Å². The van der Waals surface area contributed by atoms with Crippen molar-refractivity contribution in [2.45, 2.75) is 64.5 Å². The molecule has 0 bridgehead atoms. The summed E-state index contributed by atoms with van der Waals surface area (Å²) in [5, 5.41) is 10.3. The van der Waals surface area contributed by atoms with Gasteiger partial charge in [-0.3, -0.25) is 0 Å². The average molecular weight is 368 g/mol. The Balaban J connectivity index is 2.77. The number of rotatable bonds is 2. The van der Waals surface area contributed by atoms with Crippen molar-refractivity contribution in [3.05, 3.63) is 9.66 Å². The molecule has 0 fully saturated rings. The number of hydrogen-bond acceptors (Lipinski definition) is 2. The first-order valence-electron chi connectivity index (χ1n) is 6.27. The van der Waals surface area contributed by atoms with Gasteiger partial charge >= 0.3 is 0 Å². The quantitative estimate of drug-likeness (QED) is 0.588. The van der Waals surface area contributed by atoms with Crippen LogP contribution in [0.2, 0.25) is 18.1 Å². The van der Waals surface area contributed by atoms with Crippen molar-refractivity contribution in [3.8, 4) is 0 Å². The predicted octanol–water partition coefficient (Wildman–Crippen LogP) is 4.10. The van der Waals surface area contributed by atoms with E-state index in [1.165, 1.54) is 0 Å². The van der Waals surface area contributed by atoms with E-state index in [1.54, 1.807) is 0 Å². The van der Waals surface area contributed by atoms with Crippen molar-refractivity contribution in [1.82, 2.24) is 0 Å². The van der Waals surface area contributed by atoms with Crippen LogP contribution in [-0.4, -0.2) is 25.6 Å². The minimum atomic E-state index is -1.73. The molecule has 0 aromatic heterocycles. The lowest BCUT2D eigenvalue weighted by Gasteiger charge is -2.42. The molecular formula is C13H25IO2Si. The fourth-order valence-corrected chi connectivity index (χ4v) is 3.97. The first-order valence-corrected chi connectivity index (χ1v) is 10.3. The highest BCUT2D eigenvalue weighted by Crippen LogP contribution is 2.40. The first kappa shape index (κ1) is 15.7. The molecule has 0 aromatic carbocycles. The Bertz CT molecular complexity index is 307. The zero-order chi connectivity index (χ0) is 13.4. The molecule has 0 aromatic rings. The molecule has 100 valence electrons. The second kappa shape index (κ2) is 5.31.